The molecule has 0 spiro atoms. The Morgan fingerprint density at radius 2 is 1.75 bits per heavy atom. The SMILES string of the molecule is CCOP(=O)(OCC)C(C)c1ccncc1. The van der Waals surface area contributed by atoms with Crippen LogP contribution in [0.15, 0.2) is 24.5 Å². The molecule has 0 fully saturated rings. The van der Waals surface area contributed by atoms with E-state index < -0.39 is 7.60 Å². The molecular formula is C11H18NO3P. The van der Waals surface area contributed by atoms with Gasteiger partial charge in [-0.2, -0.15) is 0 Å². The average molecular weight is 243 g/mol. The molecule has 0 aromatic carbocycles. The summed E-state index contributed by atoms with van der Waals surface area (Å²) in [6, 6.07) is 3.66. The van der Waals surface area contributed by atoms with E-state index in [4.69, 9.17) is 9.05 Å². The van der Waals surface area contributed by atoms with Gasteiger partial charge < -0.3 is 9.05 Å². The summed E-state index contributed by atoms with van der Waals surface area (Å²) in [5.41, 5.74) is 0.649. The highest BCUT2D eigenvalue weighted by Crippen LogP contribution is 2.60. The minimum atomic E-state index is -3.06. The monoisotopic (exact) mass is 243 g/mol. The molecule has 1 unspecified atom stereocenters. The number of aromatic nitrogens is 1. The van der Waals surface area contributed by atoms with Gasteiger partial charge in [0, 0.05) is 12.4 Å². The Labute approximate surface area is 96.5 Å². The summed E-state index contributed by atoms with van der Waals surface area (Å²) >= 11 is 0. The van der Waals surface area contributed by atoms with Crippen LogP contribution in [-0.2, 0) is 13.6 Å². The van der Waals surface area contributed by atoms with E-state index in [9.17, 15) is 4.57 Å². The first-order valence-electron chi connectivity index (χ1n) is 5.42. The van der Waals surface area contributed by atoms with Crippen LogP contribution in [0.1, 0.15) is 32.0 Å². The first-order valence-corrected chi connectivity index (χ1v) is 7.04. The molecule has 0 aliphatic carbocycles. The van der Waals surface area contributed by atoms with Crippen molar-refractivity contribution in [2.24, 2.45) is 0 Å². The maximum atomic E-state index is 12.4. The Morgan fingerprint density at radius 3 is 2.19 bits per heavy atom. The van der Waals surface area contributed by atoms with Gasteiger partial charge in [0.25, 0.3) is 0 Å². The zero-order valence-corrected chi connectivity index (χ0v) is 10.8. The summed E-state index contributed by atoms with van der Waals surface area (Å²) in [6.45, 7) is 6.23. The lowest BCUT2D eigenvalue weighted by molar-refractivity contribution is 0.213. The zero-order valence-electron chi connectivity index (χ0n) is 9.92. The molecule has 1 aromatic rings. The van der Waals surface area contributed by atoms with Crippen LogP contribution in [0.4, 0.5) is 0 Å². The molecule has 0 bridgehead atoms. The van der Waals surface area contributed by atoms with E-state index in [0.717, 1.165) is 5.56 Å². The third-order valence-corrected chi connectivity index (χ3v) is 4.76. The molecular weight excluding hydrogens is 225 g/mol. The Hall–Kier alpha value is -0.700. The predicted molar refractivity (Wildman–Crippen MR) is 63.5 cm³/mol. The predicted octanol–water partition coefficient (Wildman–Crippen LogP) is 3.41. The van der Waals surface area contributed by atoms with Crippen molar-refractivity contribution >= 4 is 7.60 Å². The lowest BCUT2D eigenvalue weighted by Gasteiger charge is -2.23. The number of hydrogen-bond donors (Lipinski definition) is 0. The van der Waals surface area contributed by atoms with Crippen LogP contribution >= 0.6 is 7.60 Å². The van der Waals surface area contributed by atoms with Gasteiger partial charge in [-0.15, -0.1) is 0 Å². The van der Waals surface area contributed by atoms with Crippen LogP contribution < -0.4 is 0 Å². The van der Waals surface area contributed by atoms with Crippen molar-refractivity contribution in [2.75, 3.05) is 13.2 Å². The van der Waals surface area contributed by atoms with Gasteiger partial charge in [0.05, 0.1) is 18.9 Å². The molecule has 0 amide bonds. The van der Waals surface area contributed by atoms with Crippen molar-refractivity contribution in [3.8, 4) is 0 Å². The van der Waals surface area contributed by atoms with Crippen molar-refractivity contribution in [3.63, 3.8) is 0 Å². The Balaban J connectivity index is 2.91. The molecule has 1 atom stereocenters. The van der Waals surface area contributed by atoms with Gasteiger partial charge >= 0.3 is 7.60 Å². The molecule has 16 heavy (non-hydrogen) atoms. The Morgan fingerprint density at radius 1 is 1.25 bits per heavy atom. The van der Waals surface area contributed by atoms with E-state index in [1.54, 1.807) is 12.4 Å². The Bertz CT molecular complexity index is 346. The lowest BCUT2D eigenvalue weighted by Crippen LogP contribution is -2.03. The molecule has 1 heterocycles. The molecule has 0 aliphatic heterocycles. The van der Waals surface area contributed by atoms with Crippen LogP contribution in [0, 0.1) is 0 Å². The molecule has 0 saturated carbocycles. The van der Waals surface area contributed by atoms with E-state index in [1.807, 2.05) is 32.9 Å². The van der Waals surface area contributed by atoms with Crippen molar-refractivity contribution < 1.29 is 13.6 Å². The fourth-order valence-corrected chi connectivity index (χ4v) is 3.22. The van der Waals surface area contributed by atoms with Gasteiger partial charge in [0.15, 0.2) is 0 Å². The first kappa shape index (κ1) is 13.4. The third-order valence-electron chi connectivity index (χ3n) is 2.28. The van der Waals surface area contributed by atoms with Crippen molar-refractivity contribution in [1.29, 1.82) is 0 Å². The summed E-state index contributed by atoms with van der Waals surface area (Å²) in [5.74, 6) is 0. The number of hydrogen-bond acceptors (Lipinski definition) is 4. The fraction of sp³-hybridized carbons (Fsp3) is 0.545. The molecule has 4 nitrogen and oxygen atoms in total. The van der Waals surface area contributed by atoms with Gasteiger partial charge in [0.2, 0.25) is 0 Å². The second-order valence-electron chi connectivity index (χ2n) is 3.33. The highest BCUT2D eigenvalue weighted by molar-refractivity contribution is 7.54. The number of rotatable bonds is 6. The van der Waals surface area contributed by atoms with E-state index in [-0.39, 0.29) is 5.66 Å². The average Bonchev–Trinajstić information content (AvgIpc) is 2.30. The van der Waals surface area contributed by atoms with E-state index in [2.05, 4.69) is 4.98 Å². The molecule has 0 aliphatic rings. The van der Waals surface area contributed by atoms with E-state index in [0.29, 0.717) is 13.2 Å². The second-order valence-corrected chi connectivity index (χ2v) is 5.70. The highest BCUT2D eigenvalue weighted by Gasteiger charge is 2.32. The summed E-state index contributed by atoms with van der Waals surface area (Å²) in [6.07, 6.45) is 3.35. The number of nitrogens with zero attached hydrogens (tertiary/aromatic N) is 1. The van der Waals surface area contributed by atoms with Crippen molar-refractivity contribution in [1.82, 2.24) is 4.98 Å². The molecule has 1 aromatic heterocycles. The van der Waals surface area contributed by atoms with Crippen LogP contribution in [0.3, 0.4) is 0 Å². The maximum Gasteiger partial charge on any atom is 0.337 e. The van der Waals surface area contributed by atoms with Crippen LogP contribution in [0.25, 0.3) is 0 Å². The van der Waals surface area contributed by atoms with Crippen LogP contribution in [-0.4, -0.2) is 18.2 Å². The fourth-order valence-electron chi connectivity index (χ4n) is 1.45. The quantitative estimate of drug-likeness (QED) is 0.718. The van der Waals surface area contributed by atoms with Gasteiger partial charge in [-0.1, -0.05) is 0 Å². The largest absolute Gasteiger partial charge is 0.337 e. The highest BCUT2D eigenvalue weighted by atomic mass is 31.2. The number of pyridine rings is 1. The molecule has 5 heteroatoms. The maximum absolute atomic E-state index is 12.4. The zero-order chi connectivity index (χ0) is 12.0. The minimum absolute atomic E-state index is 0.268. The summed E-state index contributed by atoms with van der Waals surface area (Å²) in [7, 11) is -3.06. The van der Waals surface area contributed by atoms with E-state index in [1.165, 1.54) is 0 Å². The van der Waals surface area contributed by atoms with E-state index >= 15 is 0 Å². The normalized spacial score (nSPS) is 13.7. The topological polar surface area (TPSA) is 48.4 Å². The van der Waals surface area contributed by atoms with Gasteiger partial charge in [-0.3, -0.25) is 9.55 Å². The standard InChI is InChI=1S/C11H18NO3P/c1-4-14-16(13,15-5-2)10(3)11-6-8-12-9-7-11/h6-10H,4-5H2,1-3H3. The van der Waals surface area contributed by atoms with Gasteiger partial charge in [-0.25, -0.2) is 0 Å². The Kier molecular flexibility index (Phi) is 5.13. The lowest BCUT2D eigenvalue weighted by atomic mass is 10.2. The summed E-state index contributed by atoms with van der Waals surface area (Å²) < 4.78 is 23.0. The van der Waals surface area contributed by atoms with Gasteiger partial charge in [-0.05, 0) is 38.5 Å². The molecule has 0 N–H and O–H groups in total. The first-order chi connectivity index (χ1) is 7.64. The van der Waals surface area contributed by atoms with Crippen molar-refractivity contribution in [2.45, 2.75) is 26.4 Å². The van der Waals surface area contributed by atoms with Crippen LogP contribution in [0.5, 0.6) is 0 Å². The minimum Gasteiger partial charge on any atom is -0.308 e. The smallest absolute Gasteiger partial charge is 0.308 e. The summed E-state index contributed by atoms with van der Waals surface area (Å²) in [4.78, 5) is 3.93. The van der Waals surface area contributed by atoms with Gasteiger partial charge in [0.1, 0.15) is 0 Å². The summed E-state index contributed by atoms with van der Waals surface area (Å²) in [5, 5.41) is 0. The third kappa shape index (κ3) is 3.14. The van der Waals surface area contributed by atoms with Crippen molar-refractivity contribution in [3.05, 3.63) is 30.1 Å². The molecule has 90 valence electrons. The molecule has 0 saturated heterocycles. The second kappa shape index (κ2) is 6.14. The molecule has 1 rings (SSSR count). The van der Waals surface area contributed by atoms with Crippen LogP contribution in [0.2, 0.25) is 0 Å². The molecule has 0 radical (unpaired) electrons.